The second-order valence-electron chi connectivity index (χ2n) is 5.03. The Bertz CT molecular complexity index is 715. The molecule has 2 aromatic rings. The van der Waals surface area contributed by atoms with Crippen LogP contribution >= 0.6 is 0 Å². The number of anilines is 2. The summed E-state index contributed by atoms with van der Waals surface area (Å²) in [4.78, 5) is 4.39. The quantitative estimate of drug-likeness (QED) is 0.911. The molecule has 1 aromatic heterocycles. The van der Waals surface area contributed by atoms with E-state index in [1.807, 2.05) is 6.07 Å². The number of aromatic nitrogens is 1. The molecule has 0 unspecified atom stereocenters. The summed E-state index contributed by atoms with van der Waals surface area (Å²) in [5.41, 5.74) is 1.98. The Hall–Kier alpha value is -2.48. The van der Waals surface area contributed by atoms with Crippen LogP contribution < -0.4 is 5.32 Å². The number of nitrogens with zero attached hydrogens (tertiary/aromatic N) is 2. The van der Waals surface area contributed by atoms with Crippen LogP contribution in [0.4, 0.5) is 20.3 Å². The van der Waals surface area contributed by atoms with E-state index in [-0.39, 0.29) is 11.5 Å². The molecule has 3 rings (SSSR count). The van der Waals surface area contributed by atoms with E-state index < -0.39 is 11.6 Å². The molecule has 0 radical (unpaired) electrons. The highest BCUT2D eigenvalue weighted by molar-refractivity contribution is 5.64. The fourth-order valence-electron chi connectivity index (χ4n) is 2.55. The molecule has 0 atom stereocenters. The summed E-state index contributed by atoms with van der Waals surface area (Å²) in [6.07, 6.45) is 3.84. The number of halogens is 2. The van der Waals surface area contributed by atoms with Crippen molar-refractivity contribution in [2.75, 3.05) is 5.32 Å². The van der Waals surface area contributed by atoms with E-state index in [2.05, 4.69) is 10.3 Å². The van der Waals surface area contributed by atoms with E-state index in [4.69, 9.17) is 0 Å². The van der Waals surface area contributed by atoms with E-state index in [9.17, 15) is 14.0 Å². The number of pyridine rings is 1. The van der Waals surface area contributed by atoms with Crippen molar-refractivity contribution in [3.8, 4) is 6.07 Å². The van der Waals surface area contributed by atoms with Crippen molar-refractivity contribution in [1.29, 1.82) is 5.26 Å². The Labute approximate surface area is 121 Å². The standard InChI is InChI=1S/C16H13F2N3/c17-12-5-3-6-13(18)15(12)21-16-11(9-19)8-10-4-1-2-7-14(10)20-16/h3,5-6,8H,1-2,4,7H2,(H,20,21). The van der Waals surface area contributed by atoms with E-state index in [1.54, 1.807) is 6.07 Å². The van der Waals surface area contributed by atoms with Crippen LogP contribution in [-0.4, -0.2) is 4.98 Å². The van der Waals surface area contributed by atoms with Crippen LogP contribution in [0.5, 0.6) is 0 Å². The Morgan fingerprint density at radius 3 is 2.57 bits per heavy atom. The third kappa shape index (κ3) is 2.57. The highest BCUT2D eigenvalue weighted by Crippen LogP contribution is 2.28. The Balaban J connectivity index is 2.04. The van der Waals surface area contributed by atoms with Gasteiger partial charge >= 0.3 is 0 Å². The minimum atomic E-state index is -0.710. The summed E-state index contributed by atoms with van der Waals surface area (Å²) in [5.74, 6) is -1.21. The summed E-state index contributed by atoms with van der Waals surface area (Å²) < 4.78 is 27.4. The van der Waals surface area contributed by atoms with Gasteiger partial charge in [-0.05, 0) is 49.4 Å². The van der Waals surface area contributed by atoms with Crippen LogP contribution in [0.3, 0.4) is 0 Å². The summed E-state index contributed by atoms with van der Waals surface area (Å²) >= 11 is 0. The molecule has 0 fully saturated rings. The Kier molecular flexibility index (Phi) is 3.53. The number of nitriles is 1. The van der Waals surface area contributed by atoms with Gasteiger partial charge in [0.25, 0.3) is 0 Å². The summed E-state index contributed by atoms with van der Waals surface area (Å²) in [7, 11) is 0. The molecule has 21 heavy (non-hydrogen) atoms. The van der Waals surface area contributed by atoms with E-state index in [0.29, 0.717) is 5.56 Å². The minimum Gasteiger partial charge on any atom is -0.334 e. The van der Waals surface area contributed by atoms with Gasteiger partial charge in [-0.25, -0.2) is 13.8 Å². The molecule has 1 heterocycles. The van der Waals surface area contributed by atoms with Gasteiger partial charge in [-0.15, -0.1) is 0 Å². The zero-order valence-corrected chi connectivity index (χ0v) is 11.3. The van der Waals surface area contributed by atoms with Crippen LogP contribution in [0.1, 0.15) is 29.7 Å². The van der Waals surface area contributed by atoms with Crippen molar-refractivity contribution in [3.05, 3.63) is 52.7 Å². The third-order valence-electron chi connectivity index (χ3n) is 3.63. The van der Waals surface area contributed by atoms with Gasteiger partial charge in [-0.3, -0.25) is 0 Å². The van der Waals surface area contributed by atoms with Crippen LogP contribution in [0.25, 0.3) is 0 Å². The smallest absolute Gasteiger partial charge is 0.149 e. The first-order valence-corrected chi connectivity index (χ1v) is 6.83. The first-order chi connectivity index (χ1) is 10.2. The molecular weight excluding hydrogens is 272 g/mol. The Morgan fingerprint density at radius 1 is 1.14 bits per heavy atom. The zero-order chi connectivity index (χ0) is 14.8. The molecule has 0 bridgehead atoms. The van der Waals surface area contributed by atoms with Crippen LogP contribution in [0.2, 0.25) is 0 Å². The lowest BCUT2D eigenvalue weighted by atomic mass is 9.95. The SMILES string of the molecule is N#Cc1cc2c(nc1Nc1c(F)cccc1F)CCCC2. The number of hydrogen-bond acceptors (Lipinski definition) is 3. The van der Waals surface area contributed by atoms with Crippen molar-refractivity contribution in [2.45, 2.75) is 25.7 Å². The average molecular weight is 285 g/mol. The predicted octanol–water partition coefficient (Wildman–Crippen LogP) is 3.85. The molecule has 0 aliphatic heterocycles. The summed E-state index contributed by atoms with van der Waals surface area (Å²) in [6.45, 7) is 0. The van der Waals surface area contributed by atoms with Gasteiger partial charge in [0.15, 0.2) is 0 Å². The highest BCUT2D eigenvalue weighted by Gasteiger charge is 2.17. The number of aryl methyl sites for hydroxylation is 2. The van der Waals surface area contributed by atoms with Crippen LogP contribution in [0.15, 0.2) is 24.3 Å². The molecule has 1 aliphatic rings. The normalized spacial score (nSPS) is 13.4. The molecule has 1 aliphatic carbocycles. The second kappa shape index (κ2) is 5.49. The fourth-order valence-corrected chi connectivity index (χ4v) is 2.55. The number of para-hydroxylation sites is 1. The molecule has 0 saturated heterocycles. The molecule has 5 heteroatoms. The van der Waals surface area contributed by atoms with Crippen molar-refractivity contribution in [3.63, 3.8) is 0 Å². The number of nitrogens with one attached hydrogen (secondary N) is 1. The second-order valence-corrected chi connectivity index (χ2v) is 5.03. The van der Waals surface area contributed by atoms with E-state index in [1.165, 1.54) is 6.07 Å². The van der Waals surface area contributed by atoms with E-state index in [0.717, 1.165) is 49.1 Å². The lowest BCUT2D eigenvalue weighted by Gasteiger charge is -2.17. The molecule has 0 spiro atoms. The van der Waals surface area contributed by atoms with Crippen molar-refractivity contribution < 1.29 is 8.78 Å². The monoisotopic (exact) mass is 285 g/mol. The number of hydrogen-bond donors (Lipinski definition) is 1. The molecule has 0 amide bonds. The Morgan fingerprint density at radius 2 is 1.86 bits per heavy atom. The van der Waals surface area contributed by atoms with Crippen molar-refractivity contribution >= 4 is 11.5 Å². The van der Waals surface area contributed by atoms with Gasteiger partial charge in [0.05, 0.1) is 5.56 Å². The maximum Gasteiger partial charge on any atom is 0.149 e. The van der Waals surface area contributed by atoms with Gasteiger partial charge < -0.3 is 5.32 Å². The largest absolute Gasteiger partial charge is 0.334 e. The maximum absolute atomic E-state index is 13.7. The van der Waals surface area contributed by atoms with Gasteiger partial charge in [-0.1, -0.05) is 6.07 Å². The molecule has 1 aromatic carbocycles. The molecule has 3 nitrogen and oxygen atoms in total. The van der Waals surface area contributed by atoms with Gasteiger partial charge in [0.1, 0.15) is 29.2 Å². The third-order valence-corrected chi connectivity index (χ3v) is 3.63. The molecular formula is C16H13F2N3. The number of rotatable bonds is 2. The number of benzene rings is 1. The van der Waals surface area contributed by atoms with E-state index >= 15 is 0 Å². The minimum absolute atomic E-state index is 0.210. The van der Waals surface area contributed by atoms with Gasteiger partial charge in [0, 0.05) is 5.69 Å². The topological polar surface area (TPSA) is 48.7 Å². The van der Waals surface area contributed by atoms with Gasteiger partial charge in [0.2, 0.25) is 0 Å². The van der Waals surface area contributed by atoms with Crippen molar-refractivity contribution in [1.82, 2.24) is 4.98 Å². The average Bonchev–Trinajstić information content (AvgIpc) is 2.50. The van der Waals surface area contributed by atoms with Crippen LogP contribution in [-0.2, 0) is 12.8 Å². The van der Waals surface area contributed by atoms with Crippen LogP contribution in [0, 0.1) is 23.0 Å². The molecule has 1 N–H and O–H groups in total. The lowest BCUT2D eigenvalue weighted by Crippen LogP contribution is -2.09. The lowest BCUT2D eigenvalue weighted by molar-refractivity contribution is 0.590. The van der Waals surface area contributed by atoms with Crippen molar-refractivity contribution in [2.24, 2.45) is 0 Å². The predicted molar refractivity (Wildman–Crippen MR) is 75.2 cm³/mol. The summed E-state index contributed by atoms with van der Waals surface area (Å²) in [5, 5.41) is 11.8. The fraction of sp³-hybridized carbons (Fsp3) is 0.250. The maximum atomic E-state index is 13.7. The number of fused-ring (bicyclic) bond motifs is 1. The van der Waals surface area contributed by atoms with Gasteiger partial charge in [-0.2, -0.15) is 5.26 Å². The molecule has 0 saturated carbocycles. The molecule has 106 valence electrons. The zero-order valence-electron chi connectivity index (χ0n) is 11.3. The first kappa shape index (κ1) is 13.5. The highest BCUT2D eigenvalue weighted by atomic mass is 19.1. The first-order valence-electron chi connectivity index (χ1n) is 6.83. The summed E-state index contributed by atoms with van der Waals surface area (Å²) in [6, 6.07) is 7.42.